The maximum absolute atomic E-state index is 13.6. The lowest BCUT2D eigenvalue weighted by Gasteiger charge is -2.15. The number of nitrogens with zero attached hydrogens (tertiary/aromatic N) is 2. The molecule has 35 heavy (non-hydrogen) atoms. The molecule has 0 radical (unpaired) electrons. The molecule has 5 rings (SSSR count). The summed E-state index contributed by atoms with van der Waals surface area (Å²) in [5, 5.41) is 4.44. The first-order valence-electron chi connectivity index (χ1n) is 10.9. The molecule has 5 nitrogen and oxygen atoms in total. The third-order valence-electron chi connectivity index (χ3n) is 5.43. The van der Waals surface area contributed by atoms with Crippen LogP contribution in [0.4, 0.5) is 11.4 Å². The number of aromatic nitrogens is 1. The van der Waals surface area contributed by atoms with Gasteiger partial charge >= 0.3 is 0 Å². The van der Waals surface area contributed by atoms with Gasteiger partial charge in [0, 0.05) is 15.6 Å². The second-order valence-electron chi connectivity index (χ2n) is 7.94. The molecule has 0 aliphatic carbocycles. The van der Waals surface area contributed by atoms with Crippen LogP contribution in [0.5, 0.6) is 0 Å². The Morgan fingerprint density at radius 3 is 2.23 bits per heavy atom. The summed E-state index contributed by atoms with van der Waals surface area (Å²) in [6.07, 6.45) is 0. The van der Waals surface area contributed by atoms with Crippen LogP contribution in [0.3, 0.4) is 0 Å². The third-order valence-corrected chi connectivity index (χ3v) is 6.63. The zero-order chi connectivity index (χ0) is 24.4. The Morgan fingerprint density at radius 2 is 1.51 bits per heavy atom. The Morgan fingerprint density at radius 1 is 0.800 bits per heavy atom. The van der Waals surface area contributed by atoms with Crippen LogP contribution in [0.1, 0.15) is 11.3 Å². The van der Waals surface area contributed by atoms with Gasteiger partial charge in [-0.15, -0.1) is 0 Å². The molecule has 7 heteroatoms. The smallest absolute Gasteiger partial charge is 0.282 e. The van der Waals surface area contributed by atoms with Crippen LogP contribution in [0.2, 0.25) is 5.02 Å². The van der Waals surface area contributed by atoms with E-state index in [0.29, 0.717) is 22.1 Å². The quantitative estimate of drug-likeness (QED) is 0.304. The van der Waals surface area contributed by atoms with Crippen molar-refractivity contribution >= 4 is 52.1 Å². The van der Waals surface area contributed by atoms with E-state index in [4.69, 9.17) is 16.6 Å². The standard InChI is InChI=1S/C28H20ClN3O2S/c1-18-10-16-22(17-11-18)35-24-9-5-8-23(31-24)25-26(30-20-14-12-19(29)13-15-20)28(34)32(27(25)33)21-6-3-2-4-7-21/h2-17,30H,1H3. The number of para-hydroxylation sites is 1. The number of benzene rings is 3. The summed E-state index contributed by atoms with van der Waals surface area (Å²) in [6, 6.07) is 29.5. The minimum atomic E-state index is -0.440. The normalized spacial score (nSPS) is 13.5. The molecule has 172 valence electrons. The number of hydrogen-bond acceptors (Lipinski definition) is 5. The van der Waals surface area contributed by atoms with Crippen molar-refractivity contribution < 1.29 is 9.59 Å². The number of carbonyl (C=O) groups excluding carboxylic acids is 2. The minimum absolute atomic E-state index is 0.172. The second-order valence-corrected chi connectivity index (χ2v) is 9.47. The van der Waals surface area contributed by atoms with Gasteiger partial charge in [0.2, 0.25) is 0 Å². The molecule has 3 aromatic carbocycles. The lowest BCUT2D eigenvalue weighted by molar-refractivity contribution is -0.120. The van der Waals surface area contributed by atoms with Crippen LogP contribution in [-0.4, -0.2) is 16.8 Å². The van der Waals surface area contributed by atoms with Gasteiger partial charge in [-0.1, -0.05) is 65.3 Å². The molecular formula is C28H20ClN3O2S. The van der Waals surface area contributed by atoms with E-state index in [1.54, 1.807) is 54.6 Å². The number of aryl methyl sites for hydroxylation is 1. The highest BCUT2D eigenvalue weighted by Crippen LogP contribution is 2.34. The predicted octanol–water partition coefficient (Wildman–Crippen LogP) is 6.59. The fraction of sp³-hybridized carbons (Fsp3) is 0.0357. The van der Waals surface area contributed by atoms with E-state index < -0.39 is 11.8 Å². The van der Waals surface area contributed by atoms with Crippen molar-refractivity contribution in [3.63, 3.8) is 0 Å². The first kappa shape index (κ1) is 22.9. The number of halogens is 1. The number of amides is 2. The summed E-state index contributed by atoms with van der Waals surface area (Å²) in [6.45, 7) is 2.04. The average Bonchev–Trinajstić information content (AvgIpc) is 3.11. The van der Waals surface area contributed by atoms with E-state index in [1.165, 1.54) is 22.2 Å². The average molecular weight is 498 g/mol. The molecule has 0 saturated heterocycles. The highest BCUT2D eigenvalue weighted by Gasteiger charge is 2.41. The topological polar surface area (TPSA) is 62.3 Å². The maximum atomic E-state index is 13.6. The molecule has 1 aliphatic rings. The number of carbonyl (C=O) groups is 2. The van der Waals surface area contributed by atoms with Crippen molar-refractivity contribution in [3.05, 3.63) is 119 Å². The molecule has 0 fully saturated rings. The van der Waals surface area contributed by atoms with Crippen LogP contribution in [-0.2, 0) is 9.59 Å². The van der Waals surface area contributed by atoms with Crippen LogP contribution >= 0.6 is 23.4 Å². The molecule has 0 saturated carbocycles. The Balaban J connectivity index is 1.56. The lowest BCUT2D eigenvalue weighted by Crippen LogP contribution is -2.32. The van der Waals surface area contributed by atoms with Gasteiger partial charge in [-0.25, -0.2) is 9.88 Å². The highest BCUT2D eigenvalue weighted by molar-refractivity contribution is 7.99. The van der Waals surface area contributed by atoms with Crippen molar-refractivity contribution in [3.8, 4) is 0 Å². The number of pyridine rings is 1. The summed E-state index contributed by atoms with van der Waals surface area (Å²) >= 11 is 7.52. The lowest BCUT2D eigenvalue weighted by atomic mass is 10.1. The molecule has 2 amide bonds. The molecular weight excluding hydrogens is 478 g/mol. The molecule has 1 aromatic heterocycles. The van der Waals surface area contributed by atoms with Crippen LogP contribution < -0.4 is 10.2 Å². The molecule has 0 spiro atoms. The van der Waals surface area contributed by atoms with Crippen molar-refractivity contribution in [2.75, 3.05) is 10.2 Å². The fourth-order valence-electron chi connectivity index (χ4n) is 3.71. The summed E-state index contributed by atoms with van der Waals surface area (Å²) in [7, 11) is 0. The number of anilines is 2. The van der Waals surface area contributed by atoms with E-state index in [9.17, 15) is 9.59 Å². The van der Waals surface area contributed by atoms with Crippen molar-refractivity contribution in [1.29, 1.82) is 0 Å². The number of nitrogens with one attached hydrogen (secondary N) is 1. The summed E-state index contributed by atoms with van der Waals surface area (Å²) in [5.74, 6) is -0.868. The Kier molecular flexibility index (Phi) is 6.40. The van der Waals surface area contributed by atoms with Gasteiger partial charge in [0.25, 0.3) is 11.8 Å². The van der Waals surface area contributed by atoms with Crippen molar-refractivity contribution in [2.45, 2.75) is 16.8 Å². The van der Waals surface area contributed by atoms with Gasteiger partial charge in [0.05, 0.1) is 17.0 Å². The molecule has 1 N–H and O–H groups in total. The molecule has 0 unspecified atom stereocenters. The van der Waals surface area contributed by atoms with Gasteiger partial charge < -0.3 is 5.32 Å². The molecule has 0 bridgehead atoms. The molecule has 2 heterocycles. The first-order valence-corrected chi connectivity index (χ1v) is 12.1. The minimum Gasteiger partial charge on any atom is -0.350 e. The van der Waals surface area contributed by atoms with E-state index in [1.807, 2.05) is 49.4 Å². The zero-order valence-electron chi connectivity index (χ0n) is 18.7. The van der Waals surface area contributed by atoms with Crippen molar-refractivity contribution in [1.82, 2.24) is 4.98 Å². The van der Waals surface area contributed by atoms with Gasteiger partial charge in [-0.3, -0.25) is 9.59 Å². The highest BCUT2D eigenvalue weighted by atomic mass is 35.5. The van der Waals surface area contributed by atoms with Gasteiger partial charge in [0.15, 0.2) is 0 Å². The molecule has 1 aliphatic heterocycles. The van der Waals surface area contributed by atoms with E-state index in [2.05, 4.69) is 5.32 Å². The fourth-order valence-corrected chi connectivity index (χ4v) is 4.64. The van der Waals surface area contributed by atoms with Crippen molar-refractivity contribution in [2.24, 2.45) is 0 Å². The Bertz CT molecular complexity index is 1440. The Labute approximate surface area is 212 Å². The second kappa shape index (κ2) is 9.78. The summed E-state index contributed by atoms with van der Waals surface area (Å²) in [5.41, 5.74) is 3.14. The van der Waals surface area contributed by atoms with E-state index in [-0.39, 0.29) is 11.3 Å². The largest absolute Gasteiger partial charge is 0.350 e. The van der Waals surface area contributed by atoms with Gasteiger partial charge in [-0.05, 0) is 67.6 Å². The molecule has 4 aromatic rings. The summed E-state index contributed by atoms with van der Waals surface area (Å²) < 4.78 is 0. The number of rotatable bonds is 6. The third kappa shape index (κ3) is 4.85. The zero-order valence-corrected chi connectivity index (χ0v) is 20.3. The number of imide groups is 1. The number of hydrogen-bond donors (Lipinski definition) is 1. The first-order chi connectivity index (χ1) is 17.0. The Hall–Kier alpha value is -3.87. The van der Waals surface area contributed by atoms with Crippen LogP contribution in [0.15, 0.2) is 113 Å². The van der Waals surface area contributed by atoms with Crippen LogP contribution in [0.25, 0.3) is 5.57 Å². The van der Waals surface area contributed by atoms with E-state index in [0.717, 1.165) is 9.92 Å². The monoisotopic (exact) mass is 497 g/mol. The van der Waals surface area contributed by atoms with Gasteiger partial charge in [-0.2, -0.15) is 0 Å². The van der Waals surface area contributed by atoms with Crippen LogP contribution in [0, 0.1) is 6.92 Å². The van der Waals surface area contributed by atoms with Gasteiger partial charge in [0.1, 0.15) is 10.7 Å². The summed E-state index contributed by atoms with van der Waals surface area (Å²) in [4.78, 5) is 34.1. The predicted molar refractivity (Wildman–Crippen MR) is 140 cm³/mol. The maximum Gasteiger partial charge on any atom is 0.282 e. The molecule has 0 atom stereocenters. The van der Waals surface area contributed by atoms with E-state index >= 15 is 0 Å². The SMILES string of the molecule is Cc1ccc(Sc2cccc(C3=C(Nc4ccc(Cl)cc4)C(=O)N(c4ccccc4)C3=O)n2)cc1.